The minimum atomic E-state index is -0.296. The summed E-state index contributed by atoms with van der Waals surface area (Å²) in [5, 5.41) is 7.29. The van der Waals surface area contributed by atoms with Crippen LogP contribution in [0.5, 0.6) is 5.88 Å². The highest BCUT2D eigenvalue weighted by Crippen LogP contribution is 2.23. The zero-order chi connectivity index (χ0) is 14.0. The Morgan fingerprint density at radius 1 is 1.47 bits per heavy atom. The Kier molecular flexibility index (Phi) is 4.11. The van der Waals surface area contributed by atoms with Crippen LogP contribution in [0.25, 0.3) is 0 Å². The van der Waals surface area contributed by atoms with E-state index in [4.69, 9.17) is 16.3 Å². The second-order valence-corrected chi connectivity index (χ2v) is 5.06. The van der Waals surface area contributed by atoms with Gasteiger partial charge in [-0.2, -0.15) is 5.10 Å². The number of halogens is 2. The third-order valence-corrected chi connectivity index (χ3v) is 3.39. The fraction of sp³-hybridized carbons (Fsp3) is 0.167. The van der Waals surface area contributed by atoms with Gasteiger partial charge >= 0.3 is 0 Å². The van der Waals surface area contributed by atoms with E-state index in [1.165, 1.54) is 11.8 Å². The van der Waals surface area contributed by atoms with Crippen LogP contribution in [0.4, 0.5) is 5.82 Å². The monoisotopic (exact) mass is 343 g/mol. The van der Waals surface area contributed by atoms with Gasteiger partial charge in [-0.15, -0.1) is 0 Å². The number of nitrogens with zero attached hydrogens (tertiary/aromatic N) is 2. The van der Waals surface area contributed by atoms with E-state index >= 15 is 0 Å². The van der Waals surface area contributed by atoms with Gasteiger partial charge in [-0.25, -0.2) is 4.68 Å². The smallest absolute Gasteiger partial charge is 0.258 e. The van der Waals surface area contributed by atoms with Gasteiger partial charge in [0, 0.05) is 22.6 Å². The van der Waals surface area contributed by atoms with E-state index in [1.807, 2.05) is 0 Å². The molecule has 7 heteroatoms. The lowest BCUT2D eigenvalue weighted by Gasteiger charge is -2.04. The number of aryl methyl sites for hydroxylation is 1. The van der Waals surface area contributed by atoms with Crippen LogP contribution in [0.2, 0.25) is 5.02 Å². The topological polar surface area (TPSA) is 56.1 Å². The number of aromatic nitrogens is 2. The van der Waals surface area contributed by atoms with Gasteiger partial charge in [0.25, 0.3) is 5.91 Å². The van der Waals surface area contributed by atoms with Crippen molar-refractivity contribution in [2.24, 2.45) is 7.05 Å². The minimum Gasteiger partial charge on any atom is -0.481 e. The van der Waals surface area contributed by atoms with Crippen LogP contribution in [0.1, 0.15) is 10.4 Å². The number of anilines is 1. The van der Waals surface area contributed by atoms with Crippen molar-refractivity contribution in [2.75, 3.05) is 12.4 Å². The van der Waals surface area contributed by atoms with Crippen LogP contribution in [0, 0.1) is 0 Å². The van der Waals surface area contributed by atoms with Crippen LogP contribution >= 0.6 is 27.5 Å². The standard InChI is InChI=1S/C12H11BrClN3O2/c1-17-11(19-2)6-10(16-17)15-12(18)8-5-7(14)3-4-9(8)13/h3-6H,1-2H3,(H,15,16,18). The van der Waals surface area contributed by atoms with E-state index in [9.17, 15) is 4.79 Å². The molecule has 1 aromatic heterocycles. The lowest BCUT2D eigenvalue weighted by molar-refractivity contribution is 0.102. The summed E-state index contributed by atoms with van der Waals surface area (Å²) in [5.41, 5.74) is 0.442. The third kappa shape index (κ3) is 3.08. The molecule has 2 aromatic rings. The highest BCUT2D eigenvalue weighted by Gasteiger charge is 2.13. The van der Waals surface area contributed by atoms with Crippen molar-refractivity contribution in [3.05, 3.63) is 39.3 Å². The van der Waals surface area contributed by atoms with E-state index in [0.29, 0.717) is 26.8 Å². The van der Waals surface area contributed by atoms with Gasteiger partial charge in [-0.3, -0.25) is 4.79 Å². The maximum absolute atomic E-state index is 12.1. The number of carbonyl (C=O) groups excluding carboxylic acids is 1. The van der Waals surface area contributed by atoms with Crippen molar-refractivity contribution in [3.8, 4) is 5.88 Å². The average molecular weight is 345 g/mol. The lowest BCUT2D eigenvalue weighted by Crippen LogP contribution is -2.13. The zero-order valence-corrected chi connectivity index (χ0v) is 12.6. The molecule has 100 valence electrons. The first-order chi connectivity index (χ1) is 9.01. The Morgan fingerprint density at radius 3 is 2.84 bits per heavy atom. The van der Waals surface area contributed by atoms with Crippen LogP contribution < -0.4 is 10.1 Å². The van der Waals surface area contributed by atoms with Crippen molar-refractivity contribution in [1.82, 2.24) is 9.78 Å². The summed E-state index contributed by atoms with van der Waals surface area (Å²) in [7, 11) is 3.26. The first-order valence-electron chi connectivity index (χ1n) is 5.35. The molecule has 0 saturated heterocycles. The van der Waals surface area contributed by atoms with Crippen molar-refractivity contribution in [3.63, 3.8) is 0 Å². The maximum Gasteiger partial charge on any atom is 0.258 e. The number of ether oxygens (including phenoxy) is 1. The summed E-state index contributed by atoms with van der Waals surface area (Å²) >= 11 is 9.18. The molecule has 0 saturated carbocycles. The van der Waals surface area contributed by atoms with E-state index in [0.717, 1.165) is 0 Å². The molecule has 1 aromatic carbocycles. The van der Waals surface area contributed by atoms with E-state index < -0.39 is 0 Å². The summed E-state index contributed by atoms with van der Waals surface area (Å²) in [6.45, 7) is 0. The molecule has 19 heavy (non-hydrogen) atoms. The highest BCUT2D eigenvalue weighted by molar-refractivity contribution is 9.10. The Hall–Kier alpha value is -1.53. The molecule has 0 unspecified atom stereocenters. The van der Waals surface area contributed by atoms with Crippen LogP contribution in [0.15, 0.2) is 28.7 Å². The Morgan fingerprint density at radius 2 is 2.21 bits per heavy atom. The average Bonchev–Trinajstić information content (AvgIpc) is 2.72. The van der Waals surface area contributed by atoms with Crippen molar-refractivity contribution >= 4 is 39.3 Å². The number of methoxy groups -OCH3 is 1. The van der Waals surface area contributed by atoms with Crippen LogP contribution in [0.3, 0.4) is 0 Å². The highest BCUT2D eigenvalue weighted by atomic mass is 79.9. The number of amides is 1. The molecule has 1 N–H and O–H groups in total. The normalized spacial score (nSPS) is 10.3. The fourth-order valence-electron chi connectivity index (χ4n) is 1.56. The first-order valence-corrected chi connectivity index (χ1v) is 6.53. The number of hydrogen-bond acceptors (Lipinski definition) is 3. The fourth-order valence-corrected chi connectivity index (χ4v) is 2.16. The largest absolute Gasteiger partial charge is 0.481 e. The van der Waals surface area contributed by atoms with Gasteiger partial charge in [0.1, 0.15) is 0 Å². The summed E-state index contributed by atoms with van der Waals surface area (Å²) < 4.78 is 7.27. The molecular weight excluding hydrogens is 334 g/mol. The molecule has 5 nitrogen and oxygen atoms in total. The van der Waals surface area contributed by atoms with E-state index in [1.54, 1.807) is 31.3 Å². The molecule has 0 fully saturated rings. The van der Waals surface area contributed by atoms with Gasteiger partial charge in [0.2, 0.25) is 5.88 Å². The Balaban J connectivity index is 2.22. The second kappa shape index (κ2) is 5.63. The van der Waals surface area contributed by atoms with Gasteiger partial charge < -0.3 is 10.1 Å². The summed E-state index contributed by atoms with van der Waals surface area (Å²) in [5.74, 6) is 0.673. The number of carbonyl (C=O) groups is 1. The van der Waals surface area contributed by atoms with Crippen molar-refractivity contribution in [1.29, 1.82) is 0 Å². The molecule has 1 amide bonds. The summed E-state index contributed by atoms with van der Waals surface area (Å²) in [6.07, 6.45) is 0. The van der Waals surface area contributed by atoms with Gasteiger partial charge in [-0.05, 0) is 34.1 Å². The molecule has 0 aliphatic rings. The number of hydrogen-bond donors (Lipinski definition) is 1. The molecule has 0 aliphatic carbocycles. The lowest BCUT2D eigenvalue weighted by atomic mass is 10.2. The molecule has 0 radical (unpaired) electrons. The molecule has 0 atom stereocenters. The molecular formula is C12H11BrClN3O2. The van der Waals surface area contributed by atoms with Crippen molar-refractivity contribution in [2.45, 2.75) is 0 Å². The quantitative estimate of drug-likeness (QED) is 0.931. The van der Waals surface area contributed by atoms with Gasteiger partial charge in [-0.1, -0.05) is 11.6 Å². The molecule has 0 aliphatic heterocycles. The SMILES string of the molecule is COc1cc(NC(=O)c2cc(Cl)ccc2Br)nn1C. The third-order valence-electron chi connectivity index (χ3n) is 2.46. The number of nitrogens with one attached hydrogen (secondary N) is 1. The summed E-state index contributed by atoms with van der Waals surface area (Å²) in [4.78, 5) is 12.1. The van der Waals surface area contributed by atoms with Crippen molar-refractivity contribution < 1.29 is 9.53 Å². The van der Waals surface area contributed by atoms with E-state index in [-0.39, 0.29) is 5.91 Å². The van der Waals surface area contributed by atoms with Gasteiger partial charge in [0.15, 0.2) is 5.82 Å². The zero-order valence-electron chi connectivity index (χ0n) is 10.3. The van der Waals surface area contributed by atoms with Gasteiger partial charge in [0.05, 0.1) is 12.7 Å². The Labute approximate surface area is 123 Å². The molecule has 2 rings (SSSR count). The van der Waals surface area contributed by atoms with Crippen LogP contribution in [-0.2, 0) is 7.05 Å². The molecule has 0 spiro atoms. The maximum atomic E-state index is 12.1. The summed E-state index contributed by atoms with van der Waals surface area (Å²) in [6, 6.07) is 6.64. The van der Waals surface area contributed by atoms with E-state index in [2.05, 4.69) is 26.3 Å². The number of rotatable bonds is 3. The molecule has 1 heterocycles. The van der Waals surface area contributed by atoms with Crippen LogP contribution in [-0.4, -0.2) is 22.8 Å². The predicted octanol–water partition coefficient (Wildman–Crippen LogP) is 3.10. The predicted molar refractivity (Wildman–Crippen MR) is 76.9 cm³/mol. The number of benzene rings is 1. The second-order valence-electron chi connectivity index (χ2n) is 3.77. The Bertz CT molecular complexity index is 627. The molecule has 0 bridgehead atoms. The minimum absolute atomic E-state index is 0.296. The first kappa shape index (κ1) is 13.9.